The Morgan fingerprint density at radius 2 is 1.91 bits per heavy atom. The van der Waals surface area contributed by atoms with Crippen LogP contribution in [0.4, 0.5) is 11.4 Å². The molecule has 0 radical (unpaired) electrons. The first-order valence-electron chi connectivity index (χ1n) is 7.79. The van der Waals surface area contributed by atoms with Gasteiger partial charge in [-0.15, -0.1) is 0 Å². The highest BCUT2D eigenvalue weighted by atomic mass is 16.1. The fourth-order valence-corrected chi connectivity index (χ4v) is 2.82. The lowest BCUT2D eigenvalue weighted by atomic mass is 10.2. The number of para-hydroxylation sites is 2. The van der Waals surface area contributed by atoms with Crippen LogP contribution < -0.4 is 10.2 Å². The van der Waals surface area contributed by atoms with E-state index in [0.29, 0.717) is 5.69 Å². The van der Waals surface area contributed by atoms with E-state index in [1.165, 1.54) is 0 Å². The summed E-state index contributed by atoms with van der Waals surface area (Å²) in [5.74, 6) is -0.107. The number of carbonyl (C=O) groups is 1. The lowest BCUT2D eigenvalue weighted by molar-refractivity contribution is 0.102. The van der Waals surface area contributed by atoms with Crippen LogP contribution in [0.5, 0.6) is 0 Å². The monoisotopic (exact) mass is 298 g/mol. The Morgan fingerprint density at radius 1 is 1.14 bits per heavy atom. The number of piperazine rings is 1. The van der Waals surface area contributed by atoms with Gasteiger partial charge in [0.1, 0.15) is 5.69 Å². The summed E-state index contributed by atoms with van der Waals surface area (Å²) >= 11 is 0. The highest BCUT2D eigenvalue weighted by Gasteiger charge is 2.19. The average molecular weight is 298 g/mol. The van der Waals surface area contributed by atoms with Crippen LogP contribution in [0.1, 0.15) is 17.4 Å². The van der Waals surface area contributed by atoms with Crippen LogP contribution in [-0.2, 0) is 0 Å². The molecule has 1 aliphatic heterocycles. The Kier molecular flexibility index (Phi) is 4.44. The quantitative estimate of drug-likeness (QED) is 0.911. The molecule has 2 aromatic rings. The van der Waals surface area contributed by atoms with Gasteiger partial charge in [0.2, 0.25) is 0 Å². The topological polar surface area (TPSA) is 51.4 Å². The molecule has 2 heterocycles. The summed E-state index contributed by atoms with van der Waals surface area (Å²) in [7, 11) is 0. The molecule has 0 atom stereocenters. The smallest absolute Gasteiger partial charge is 0.272 e. The van der Waals surface area contributed by atoms with Gasteiger partial charge in [-0.2, -0.15) is 0 Å². The van der Waals surface area contributed by atoms with Crippen LogP contribution >= 0.6 is 0 Å². The predicted octanol–water partition coefficient (Wildman–Crippen LogP) is 2.41. The maximum Gasteiger partial charge on any atom is 0.272 e. The zero-order chi connectivity index (χ0) is 15.4. The van der Waals surface area contributed by atoms with E-state index in [1.807, 2.05) is 24.3 Å². The van der Waals surface area contributed by atoms with E-state index in [0.717, 1.165) is 44.1 Å². The molecule has 1 aliphatic rings. The van der Waals surface area contributed by atoms with Gasteiger partial charge in [0.05, 0.1) is 11.4 Å². The molecule has 1 amide bonds. The van der Waals surface area contributed by atoms with Gasteiger partial charge in [0.15, 0.2) is 0 Å². The van der Waals surface area contributed by atoms with Crippen molar-refractivity contribution in [2.24, 2.45) is 0 Å². The Hall–Kier alpha value is -2.27. The summed E-state index contributed by atoms with van der Waals surface area (Å²) < 4.78 is 0. The third-order valence-corrected chi connectivity index (χ3v) is 4.16. The molecule has 3 rings (SSSR count). The fourth-order valence-electron chi connectivity index (χ4n) is 2.82. The van der Waals surface area contributed by atoms with E-state index >= 15 is 0 Å². The summed E-state index contributed by atoms with van der Waals surface area (Å²) in [6.07, 6.45) is 1.75. The third-order valence-electron chi connectivity index (χ3n) is 4.16. The number of benzene rings is 1. The maximum atomic E-state index is 12.2. The van der Waals surface area contributed by atoms with Gasteiger partial charge in [-0.1, -0.05) is 19.1 Å². The summed E-state index contributed by atoms with van der Waals surface area (Å²) in [4.78, 5) is 20.0. The van der Waals surface area contributed by atoms with Crippen molar-refractivity contribution >= 4 is 17.3 Å². The lowest BCUT2D eigenvalue weighted by Gasteiger charge is -2.36. The highest BCUT2D eigenvalue weighted by Crippen LogP contribution is 2.27. The minimum Gasteiger partial charge on any atom is -0.367 e. The van der Waals surface area contributed by atoms with E-state index in [9.17, 15) is 4.79 Å². The first kappa shape index (κ1) is 14.7. The molecule has 5 heteroatoms. The Balaban J connectivity index is 1.74. The van der Waals surface area contributed by atoms with Crippen molar-refractivity contribution in [3.63, 3.8) is 0 Å². The second-order valence-corrected chi connectivity index (χ2v) is 5.48. The van der Waals surface area contributed by atoms with Gasteiger partial charge in [-0.05, 0) is 30.8 Å². The Labute approximate surface area is 130 Å². The zero-order valence-electron chi connectivity index (χ0n) is 12.9. The molecule has 5 nitrogen and oxygen atoms in total. The van der Waals surface area contributed by atoms with E-state index < -0.39 is 0 Å². The van der Waals surface area contributed by atoms with Crippen LogP contribution in [-0.4, -0.2) is 48.5 Å². The van der Waals surface area contributed by atoms with Crippen LogP contribution in [0, 0.1) is 0 Å². The van der Waals surface area contributed by atoms with Crippen LogP contribution in [0.25, 0.3) is 0 Å². The number of anilines is 2. The number of H-pyrrole nitrogens is 1. The molecule has 1 saturated heterocycles. The molecule has 116 valence electrons. The molecule has 0 bridgehead atoms. The molecule has 1 aromatic heterocycles. The summed E-state index contributed by atoms with van der Waals surface area (Å²) in [6, 6.07) is 11.6. The Bertz CT molecular complexity index is 615. The zero-order valence-corrected chi connectivity index (χ0v) is 12.9. The molecule has 0 unspecified atom stereocenters. The molecule has 1 fully saturated rings. The second kappa shape index (κ2) is 6.66. The number of rotatable bonds is 4. The molecule has 1 aromatic carbocycles. The molecule has 0 aliphatic carbocycles. The highest BCUT2D eigenvalue weighted by molar-refractivity contribution is 6.04. The van der Waals surface area contributed by atoms with Gasteiger partial charge < -0.3 is 20.1 Å². The van der Waals surface area contributed by atoms with Crippen molar-refractivity contribution in [1.82, 2.24) is 9.88 Å². The molecule has 22 heavy (non-hydrogen) atoms. The van der Waals surface area contributed by atoms with Crippen molar-refractivity contribution in [3.05, 3.63) is 48.3 Å². The van der Waals surface area contributed by atoms with Crippen molar-refractivity contribution in [1.29, 1.82) is 0 Å². The van der Waals surface area contributed by atoms with Crippen molar-refractivity contribution in [2.75, 3.05) is 42.9 Å². The first-order valence-corrected chi connectivity index (χ1v) is 7.79. The molecule has 0 saturated carbocycles. The standard InChI is InChI=1S/C17H22N4O/c1-2-20-10-12-21(13-11-20)16-8-4-3-6-14(16)19-17(22)15-7-5-9-18-15/h3-9,18H,2,10-13H2,1H3,(H,19,22). The number of amides is 1. The number of hydrogen-bond donors (Lipinski definition) is 2. The first-order chi connectivity index (χ1) is 10.8. The SMILES string of the molecule is CCN1CCN(c2ccccc2NC(=O)c2ccc[nH]2)CC1. The van der Waals surface area contributed by atoms with Crippen molar-refractivity contribution < 1.29 is 4.79 Å². The van der Waals surface area contributed by atoms with Crippen LogP contribution in [0.2, 0.25) is 0 Å². The molecular formula is C17H22N4O. The number of aromatic amines is 1. The summed E-state index contributed by atoms with van der Waals surface area (Å²) in [5.41, 5.74) is 2.54. The van der Waals surface area contributed by atoms with E-state index in [-0.39, 0.29) is 5.91 Å². The van der Waals surface area contributed by atoms with Gasteiger partial charge in [0, 0.05) is 32.4 Å². The fraction of sp³-hybridized carbons (Fsp3) is 0.353. The van der Waals surface area contributed by atoms with E-state index in [1.54, 1.807) is 12.3 Å². The number of hydrogen-bond acceptors (Lipinski definition) is 3. The lowest BCUT2D eigenvalue weighted by Crippen LogP contribution is -2.46. The largest absolute Gasteiger partial charge is 0.367 e. The molecule has 2 N–H and O–H groups in total. The van der Waals surface area contributed by atoms with Gasteiger partial charge in [0.25, 0.3) is 5.91 Å². The third kappa shape index (κ3) is 3.14. The number of likely N-dealkylation sites (N-methyl/N-ethyl adjacent to an activating group) is 1. The van der Waals surface area contributed by atoms with Gasteiger partial charge in [-0.25, -0.2) is 0 Å². The number of nitrogens with zero attached hydrogens (tertiary/aromatic N) is 2. The minimum atomic E-state index is -0.107. The normalized spacial score (nSPS) is 15.8. The van der Waals surface area contributed by atoms with Gasteiger partial charge in [-0.3, -0.25) is 4.79 Å². The molecular weight excluding hydrogens is 276 g/mol. The van der Waals surface area contributed by atoms with Gasteiger partial charge >= 0.3 is 0 Å². The number of carbonyl (C=O) groups excluding carboxylic acids is 1. The number of nitrogens with one attached hydrogen (secondary N) is 2. The number of aromatic nitrogens is 1. The van der Waals surface area contributed by atoms with Crippen LogP contribution in [0.3, 0.4) is 0 Å². The summed E-state index contributed by atoms with van der Waals surface area (Å²) in [5, 5.41) is 3.01. The maximum absolute atomic E-state index is 12.2. The van der Waals surface area contributed by atoms with Crippen molar-refractivity contribution in [3.8, 4) is 0 Å². The predicted molar refractivity (Wildman–Crippen MR) is 89.5 cm³/mol. The second-order valence-electron chi connectivity index (χ2n) is 5.48. The van der Waals surface area contributed by atoms with Crippen LogP contribution in [0.15, 0.2) is 42.6 Å². The summed E-state index contributed by atoms with van der Waals surface area (Å²) in [6.45, 7) is 7.40. The minimum absolute atomic E-state index is 0.107. The molecule has 0 spiro atoms. The van der Waals surface area contributed by atoms with E-state index in [2.05, 4.69) is 33.1 Å². The van der Waals surface area contributed by atoms with Crippen molar-refractivity contribution in [2.45, 2.75) is 6.92 Å². The average Bonchev–Trinajstić information content (AvgIpc) is 3.10. The van der Waals surface area contributed by atoms with E-state index in [4.69, 9.17) is 0 Å². The Morgan fingerprint density at radius 3 is 2.59 bits per heavy atom.